The van der Waals surface area contributed by atoms with Crippen LogP contribution in [-0.4, -0.2) is 27.5 Å². The minimum Gasteiger partial charge on any atom is -0.489 e. The van der Waals surface area contributed by atoms with Gasteiger partial charge < -0.3 is 4.74 Å². The van der Waals surface area contributed by atoms with E-state index in [1.54, 1.807) is 23.4 Å². The second-order valence-corrected chi connectivity index (χ2v) is 8.28. The maximum Gasteiger partial charge on any atom is 0.267 e. The highest BCUT2D eigenvalue weighted by Crippen LogP contribution is 2.34. The Morgan fingerprint density at radius 3 is 2.75 bits per heavy atom. The van der Waals surface area contributed by atoms with Crippen LogP contribution in [0.4, 0.5) is 5.69 Å². The van der Waals surface area contributed by atoms with Crippen LogP contribution in [0.1, 0.15) is 16.7 Å². The number of carbonyl (C=O) groups is 1. The Labute approximate surface area is 192 Å². The lowest BCUT2D eigenvalue weighted by Gasteiger charge is -2.12. The number of amides is 1. The van der Waals surface area contributed by atoms with E-state index in [2.05, 4.69) is 47.7 Å². The van der Waals surface area contributed by atoms with Gasteiger partial charge in [-0.15, -0.1) is 6.58 Å². The molecule has 1 fully saturated rings. The summed E-state index contributed by atoms with van der Waals surface area (Å²) in [6.07, 6.45) is 6.92. The van der Waals surface area contributed by atoms with Crippen LogP contribution in [0.25, 0.3) is 6.08 Å². The number of amidine groups is 1. The first-order valence-corrected chi connectivity index (χ1v) is 11.0. The molecular weight excluding hydrogens is 418 g/mol. The van der Waals surface area contributed by atoms with E-state index >= 15 is 0 Å². The number of aromatic nitrogens is 1. The number of rotatable bonds is 7. The maximum absolute atomic E-state index is 13.0. The molecule has 0 aliphatic carbocycles. The molecule has 0 radical (unpaired) electrons. The van der Waals surface area contributed by atoms with Crippen molar-refractivity contribution in [2.75, 3.05) is 6.54 Å². The van der Waals surface area contributed by atoms with E-state index < -0.39 is 0 Å². The Kier molecular flexibility index (Phi) is 6.82. The van der Waals surface area contributed by atoms with Gasteiger partial charge in [-0.25, -0.2) is 4.99 Å². The third-order valence-corrected chi connectivity index (χ3v) is 5.76. The number of benzene rings is 2. The molecule has 0 bridgehead atoms. The Balaban J connectivity index is 1.53. The van der Waals surface area contributed by atoms with E-state index in [-0.39, 0.29) is 5.91 Å². The minimum absolute atomic E-state index is 0.0940. The fourth-order valence-corrected chi connectivity index (χ4v) is 4.12. The monoisotopic (exact) mass is 441 g/mol. The summed E-state index contributed by atoms with van der Waals surface area (Å²) in [5, 5.41) is 0.612. The van der Waals surface area contributed by atoms with Crippen LogP contribution < -0.4 is 4.74 Å². The summed E-state index contributed by atoms with van der Waals surface area (Å²) in [7, 11) is 0. The standard InChI is InChI=1S/C26H23N3O2S/c1-3-14-29-25(30)24(32-26(29)28-22-7-5-13-27-17-22)16-21-6-4-8-23(15-21)31-18-20-11-9-19(2)10-12-20/h3-13,15-17H,1,14,18H2,2H3/b24-16-,28-26?. The van der Waals surface area contributed by atoms with Crippen molar-refractivity contribution < 1.29 is 9.53 Å². The summed E-state index contributed by atoms with van der Waals surface area (Å²) in [4.78, 5) is 23.9. The van der Waals surface area contributed by atoms with Crippen LogP contribution in [0.2, 0.25) is 0 Å². The van der Waals surface area contributed by atoms with Gasteiger partial charge in [0.15, 0.2) is 5.17 Å². The molecule has 0 spiro atoms. The average molecular weight is 442 g/mol. The molecule has 4 rings (SSSR count). The third kappa shape index (κ3) is 5.34. The summed E-state index contributed by atoms with van der Waals surface area (Å²) >= 11 is 1.35. The number of hydrogen-bond acceptors (Lipinski definition) is 5. The smallest absolute Gasteiger partial charge is 0.267 e. The summed E-state index contributed by atoms with van der Waals surface area (Å²) in [6.45, 7) is 6.71. The van der Waals surface area contributed by atoms with Gasteiger partial charge in [0, 0.05) is 12.7 Å². The number of aliphatic imine (C=N–C) groups is 1. The zero-order valence-corrected chi connectivity index (χ0v) is 18.6. The zero-order chi connectivity index (χ0) is 22.3. The van der Waals surface area contributed by atoms with Gasteiger partial charge in [0.25, 0.3) is 5.91 Å². The van der Waals surface area contributed by atoms with Crippen molar-refractivity contribution in [1.82, 2.24) is 9.88 Å². The number of carbonyl (C=O) groups excluding carboxylic acids is 1. The highest BCUT2D eigenvalue weighted by Gasteiger charge is 2.32. The van der Waals surface area contributed by atoms with Crippen molar-refractivity contribution in [2.24, 2.45) is 4.99 Å². The van der Waals surface area contributed by atoms with Crippen LogP contribution >= 0.6 is 11.8 Å². The molecule has 0 unspecified atom stereocenters. The quantitative estimate of drug-likeness (QED) is 0.346. The highest BCUT2D eigenvalue weighted by molar-refractivity contribution is 8.18. The van der Waals surface area contributed by atoms with Crippen LogP contribution in [-0.2, 0) is 11.4 Å². The van der Waals surface area contributed by atoms with Gasteiger partial charge in [-0.1, -0.05) is 48.0 Å². The summed E-state index contributed by atoms with van der Waals surface area (Å²) in [5.41, 5.74) is 3.92. The van der Waals surface area contributed by atoms with Crippen molar-refractivity contribution in [2.45, 2.75) is 13.5 Å². The lowest BCUT2D eigenvalue weighted by atomic mass is 10.1. The molecule has 0 saturated carbocycles. The minimum atomic E-state index is -0.0940. The first kappa shape index (κ1) is 21.6. The Bertz CT molecular complexity index is 1170. The number of nitrogens with zero attached hydrogens (tertiary/aromatic N) is 3. The molecule has 32 heavy (non-hydrogen) atoms. The molecule has 1 aliphatic rings. The van der Waals surface area contributed by atoms with E-state index in [1.165, 1.54) is 17.3 Å². The Morgan fingerprint density at radius 1 is 1.16 bits per heavy atom. The van der Waals surface area contributed by atoms with Gasteiger partial charge in [0.1, 0.15) is 12.4 Å². The number of thioether (sulfide) groups is 1. The van der Waals surface area contributed by atoms with E-state index in [0.29, 0.717) is 28.9 Å². The second kappa shape index (κ2) is 10.1. The second-order valence-electron chi connectivity index (χ2n) is 7.27. The van der Waals surface area contributed by atoms with Crippen LogP contribution in [0.3, 0.4) is 0 Å². The molecule has 0 N–H and O–H groups in total. The predicted octanol–water partition coefficient (Wildman–Crippen LogP) is 5.76. The normalized spacial score (nSPS) is 16.0. The molecule has 1 aromatic heterocycles. The van der Waals surface area contributed by atoms with E-state index in [4.69, 9.17) is 4.74 Å². The molecule has 3 aromatic rings. The number of pyridine rings is 1. The van der Waals surface area contributed by atoms with Gasteiger partial charge >= 0.3 is 0 Å². The SMILES string of the molecule is C=CCN1C(=O)/C(=C/c2cccc(OCc3ccc(C)cc3)c2)SC1=Nc1cccnc1. The van der Waals surface area contributed by atoms with Gasteiger partial charge in [-0.3, -0.25) is 14.7 Å². The molecule has 2 heterocycles. The molecule has 2 aromatic carbocycles. The topological polar surface area (TPSA) is 54.8 Å². The van der Waals surface area contributed by atoms with Gasteiger partial charge in [-0.2, -0.15) is 0 Å². The summed E-state index contributed by atoms with van der Waals surface area (Å²) in [5.74, 6) is 0.658. The first-order chi connectivity index (χ1) is 15.6. The van der Waals surface area contributed by atoms with E-state index in [9.17, 15) is 4.79 Å². The summed E-state index contributed by atoms with van der Waals surface area (Å²) in [6, 6.07) is 19.7. The maximum atomic E-state index is 13.0. The largest absolute Gasteiger partial charge is 0.489 e. The lowest BCUT2D eigenvalue weighted by Crippen LogP contribution is -2.29. The Hall–Kier alpha value is -3.64. The molecule has 1 saturated heterocycles. The summed E-state index contributed by atoms with van der Waals surface area (Å²) < 4.78 is 5.95. The number of ether oxygens (including phenoxy) is 1. The van der Waals surface area contributed by atoms with Crippen molar-refractivity contribution in [1.29, 1.82) is 0 Å². The molecule has 1 aliphatic heterocycles. The van der Waals surface area contributed by atoms with Crippen LogP contribution in [0, 0.1) is 6.92 Å². The predicted molar refractivity (Wildman–Crippen MR) is 131 cm³/mol. The average Bonchev–Trinajstić information content (AvgIpc) is 3.09. The molecule has 160 valence electrons. The Morgan fingerprint density at radius 2 is 2.00 bits per heavy atom. The molecular formula is C26H23N3O2S. The van der Waals surface area contributed by atoms with Crippen molar-refractivity contribution >= 4 is 34.6 Å². The van der Waals surface area contributed by atoms with Gasteiger partial charge in [0.2, 0.25) is 0 Å². The van der Waals surface area contributed by atoms with Crippen molar-refractivity contribution in [3.63, 3.8) is 0 Å². The number of hydrogen-bond donors (Lipinski definition) is 0. The van der Waals surface area contributed by atoms with Crippen molar-refractivity contribution in [3.8, 4) is 5.75 Å². The molecule has 0 atom stereocenters. The fourth-order valence-electron chi connectivity index (χ4n) is 3.11. The molecule has 1 amide bonds. The zero-order valence-electron chi connectivity index (χ0n) is 17.8. The van der Waals surface area contributed by atoms with Gasteiger partial charge in [0.05, 0.1) is 16.8 Å². The van der Waals surface area contributed by atoms with Crippen molar-refractivity contribution in [3.05, 3.63) is 107 Å². The molecule has 5 nitrogen and oxygen atoms in total. The van der Waals surface area contributed by atoms with E-state index in [0.717, 1.165) is 16.9 Å². The first-order valence-electron chi connectivity index (χ1n) is 10.2. The molecule has 6 heteroatoms. The van der Waals surface area contributed by atoms with E-state index in [1.807, 2.05) is 42.5 Å². The lowest BCUT2D eigenvalue weighted by molar-refractivity contribution is -0.121. The highest BCUT2D eigenvalue weighted by atomic mass is 32.2. The number of aryl methyl sites for hydroxylation is 1. The fraction of sp³-hybridized carbons (Fsp3) is 0.115. The third-order valence-electron chi connectivity index (χ3n) is 4.75. The van der Waals surface area contributed by atoms with Crippen LogP contribution in [0.5, 0.6) is 5.75 Å². The van der Waals surface area contributed by atoms with Crippen LogP contribution in [0.15, 0.2) is 95.6 Å². The van der Waals surface area contributed by atoms with Gasteiger partial charge in [-0.05, 0) is 60.2 Å².